The van der Waals surface area contributed by atoms with Gasteiger partial charge in [-0.3, -0.25) is 0 Å². The van der Waals surface area contributed by atoms with Crippen LogP contribution in [0, 0.1) is 18.6 Å². The van der Waals surface area contributed by atoms with Crippen LogP contribution in [0.1, 0.15) is 36.3 Å². The molecule has 1 atom stereocenters. The lowest BCUT2D eigenvalue weighted by molar-refractivity contribution is 0.548. The van der Waals surface area contributed by atoms with Gasteiger partial charge in [-0.15, -0.1) is 0 Å². The molecule has 1 aromatic heterocycles. The van der Waals surface area contributed by atoms with Gasteiger partial charge in [0.1, 0.15) is 17.5 Å². The number of nitrogens with zero attached hydrogens (tertiary/aromatic N) is 2. The van der Waals surface area contributed by atoms with Crippen LogP contribution in [-0.2, 0) is 6.54 Å². The highest BCUT2D eigenvalue weighted by molar-refractivity contribution is 5.31. The third kappa shape index (κ3) is 2.66. The van der Waals surface area contributed by atoms with Gasteiger partial charge in [0.05, 0.1) is 6.04 Å². The van der Waals surface area contributed by atoms with Crippen molar-refractivity contribution in [3.63, 3.8) is 0 Å². The average Bonchev–Trinajstić information content (AvgIpc) is 2.82. The van der Waals surface area contributed by atoms with Crippen LogP contribution in [0.3, 0.4) is 0 Å². The summed E-state index contributed by atoms with van der Waals surface area (Å²) in [6.07, 6.45) is 4.38. The third-order valence-electron chi connectivity index (χ3n) is 3.10. The van der Waals surface area contributed by atoms with E-state index in [1.54, 1.807) is 13.1 Å². The average molecular weight is 265 g/mol. The van der Waals surface area contributed by atoms with Crippen LogP contribution >= 0.6 is 0 Å². The number of aromatic nitrogens is 2. The van der Waals surface area contributed by atoms with Crippen LogP contribution in [0.5, 0.6) is 0 Å². The Labute approximate surface area is 111 Å². The molecule has 1 heterocycles. The zero-order chi connectivity index (χ0) is 14.0. The van der Waals surface area contributed by atoms with E-state index in [0.717, 1.165) is 19.0 Å². The largest absolute Gasteiger partial charge is 0.333 e. The normalized spacial score (nSPS) is 12.7. The van der Waals surface area contributed by atoms with Gasteiger partial charge >= 0.3 is 0 Å². The maximum Gasteiger partial charge on any atom is 0.131 e. The summed E-state index contributed by atoms with van der Waals surface area (Å²) in [6.45, 7) is 4.40. The van der Waals surface area contributed by atoms with Crippen molar-refractivity contribution >= 4 is 0 Å². The number of imidazole rings is 1. The fourth-order valence-electron chi connectivity index (χ4n) is 2.09. The number of hydrogen-bond acceptors (Lipinski definition) is 2. The number of halogens is 2. The molecule has 1 aromatic carbocycles. The van der Waals surface area contributed by atoms with E-state index in [-0.39, 0.29) is 5.56 Å². The Morgan fingerprint density at radius 2 is 2.05 bits per heavy atom. The van der Waals surface area contributed by atoms with E-state index in [2.05, 4.69) is 4.98 Å². The van der Waals surface area contributed by atoms with Gasteiger partial charge in [0.2, 0.25) is 0 Å². The van der Waals surface area contributed by atoms with Gasteiger partial charge in [-0.05, 0) is 25.0 Å². The Bertz CT molecular complexity index is 578. The smallest absolute Gasteiger partial charge is 0.131 e. The van der Waals surface area contributed by atoms with E-state index in [4.69, 9.17) is 5.73 Å². The highest BCUT2D eigenvalue weighted by atomic mass is 19.1. The third-order valence-corrected chi connectivity index (χ3v) is 3.10. The van der Waals surface area contributed by atoms with Crippen molar-refractivity contribution in [2.24, 2.45) is 5.73 Å². The summed E-state index contributed by atoms with van der Waals surface area (Å²) in [6, 6.07) is 1.62. The lowest BCUT2D eigenvalue weighted by Gasteiger charge is -2.15. The van der Waals surface area contributed by atoms with Crippen molar-refractivity contribution in [1.29, 1.82) is 0 Å². The minimum atomic E-state index is -0.694. The molecular weight excluding hydrogens is 248 g/mol. The Hall–Kier alpha value is -1.75. The number of benzene rings is 1. The fourth-order valence-corrected chi connectivity index (χ4v) is 2.09. The van der Waals surface area contributed by atoms with Gasteiger partial charge in [-0.25, -0.2) is 13.8 Å². The summed E-state index contributed by atoms with van der Waals surface area (Å²) < 4.78 is 29.0. The minimum absolute atomic E-state index is 0.266. The van der Waals surface area contributed by atoms with Gasteiger partial charge in [-0.1, -0.05) is 6.92 Å². The van der Waals surface area contributed by atoms with E-state index in [9.17, 15) is 8.78 Å². The van der Waals surface area contributed by atoms with Crippen LogP contribution in [-0.4, -0.2) is 9.55 Å². The molecule has 0 bridgehead atoms. The van der Waals surface area contributed by atoms with E-state index in [0.29, 0.717) is 11.4 Å². The molecule has 1 unspecified atom stereocenters. The van der Waals surface area contributed by atoms with Gasteiger partial charge < -0.3 is 10.3 Å². The molecule has 3 nitrogen and oxygen atoms in total. The van der Waals surface area contributed by atoms with Gasteiger partial charge in [-0.2, -0.15) is 0 Å². The van der Waals surface area contributed by atoms with Crippen molar-refractivity contribution in [2.45, 2.75) is 32.9 Å². The van der Waals surface area contributed by atoms with Crippen LogP contribution in [0.2, 0.25) is 0 Å². The summed E-state index contributed by atoms with van der Waals surface area (Å²) in [5.41, 5.74) is 6.71. The van der Waals surface area contributed by atoms with Crippen LogP contribution in [0.4, 0.5) is 8.78 Å². The van der Waals surface area contributed by atoms with E-state index in [1.165, 1.54) is 6.07 Å². The molecule has 0 aliphatic rings. The first-order chi connectivity index (χ1) is 9.04. The van der Waals surface area contributed by atoms with Crippen molar-refractivity contribution in [3.05, 3.63) is 53.1 Å². The van der Waals surface area contributed by atoms with Crippen molar-refractivity contribution < 1.29 is 8.78 Å². The monoisotopic (exact) mass is 265 g/mol. The molecule has 0 aliphatic heterocycles. The number of aryl methyl sites for hydroxylation is 2. The second-order valence-electron chi connectivity index (χ2n) is 4.58. The summed E-state index contributed by atoms with van der Waals surface area (Å²) in [7, 11) is 0. The van der Waals surface area contributed by atoms with Crippen molar-refractivity contribution in [2.75, 3.05) is 0 Å². The number of hydrogen-bond donors (Lipinski definition) is 1. The molecule has 2 rings (SSSR count). The molecule has 0 saturated heterocycles. The Balaban J connectivity index is 2.41. The molecule has 0 spiro atoms. The highest BCUT2D eigenvalue weighted by Gasteiger charge is 2.19. The Kier molecular flexibility index (Phi) is 3.95. The van der Waals surface area contributed by atoms with Gasteiger partial charge in [0.15, 0.2) is 0 Å². The number of nitrogens with two attached hydrogens (primary N) is 1. The lowest BCUT2D eigenvalue weighted by atomic mass is 10.0. The quantitative estimate of drug-likeness (QED) is 0.923. The Morgan fingerprint density at radius 1 is 1.32 bits per heavy atom. The molecule has 0 fully saturated rings. The highest BCUT2D eigenvalue weighted by Crippen LogP contribution is 2.24. The van der Waals surface area contributed by atoms with E-state index >= 15 is 0 Å². The SMILES string of the molecule is CCCn1ccnc1C(N)c1cc(C)c(F)cc1F. The van der Waals surface area contributed by atoms with Crippen LogP contribution < -0.4 is 5.73 Å². The zero-order valence-corrected chi connectivity index (χ0v) is 11.0. The summed E-state index contributed by atoms with van der Waals surface area (Å²) >= 11 is 0. The topological polar surface area (TPSA) is 43.8 Å². The predicted octanol–water partition coefficient (Wildman–Crippen LogP) is 2.93. The first-order valence-electron chi connectivity index (χ1n) is 6.26. The van der Waals surface area contributed by atoms with Crippen LogP contribution in [0.15, 0.2) is 24.5 Å². The molecule has 0 saturated carbocycles. The van der Waals surface area contributed by atoms with Gasteiger partial charge in [0.25, 0.3) is 0 Å². The second kappa shape index (κ2) is 5.48. The maximum absolute atomic E-state index is 13.8. The Morgan fingerprint density at radius 3 is 2.74 bits per heavy atom. The molecule has 2 aromatic rings. The molecule has 0 aliphatic carbocycles. The molecule has 102 valence electrons. The van der Waals surface area contributed by atoms with Gasteiger partial charge in [0, 0.05) is 30.6 Å². The zero-order valence-electron chi connectivity index (χ0n) is 11.0. The molecule has 19 heavy (non-hydrogen) atoms. The van der Waals surface area contributed by atoms with Crippen LogP contribution in [0.25, 0.3) is 0 Å². The minimum Gasteiger partial charge on any atom is -0.333 e. The van der Waals surface area contributed by atoms with E-state index in [1.807, 2.05) is 17.7 Å². The molecule has 0 radical (unpaired) electrons. The standard InChI is InChI=1S/C14H17F2N3/c1-3-5-19-6-4-18-14(19)13(17)10-7-9(2)11(15)8-12(10)16/h4,6-8,13H,3,5,17H2,1-2H3. The molecule has 2 N–H and O–H groups in total. The van der Waals surface area contributed by atoms with E-state index < -0.39 is 17.7 Å². The van der Waals surface area contributed by atoms with Crippen molar-refractivity contribution in [3.8, 4) is 0 Å². The first kappa shape index (κ1) is 13.7. The molecule has 5 heteroatoms. The van der Waals surface area contributed by atoms with Crippen molar-refractivity contribution in [1.82, 2.24) is 9.55 Å². The number of rotatable bonds is 4. The summed E-state index contributed by atoms with van der Waals surface area (Å²) in [4.78, 5) is 4.18. The second-order valence-corrected chi connectivity index (χ2v) is 4.58. The first-order valence-corrected chi connectivity index (χ1v) is 6.26. The molecular formula is C14H17F2N3. The summed E-state index contributed by atoms with van der Waals surface area (Å²) in [5, 5.41) is 0. The molecule has 0 amide bonds. The maximum atomic E-state index is 13.8. The lowest BCUT2D eigenvalue weighted by Crippen LogP contribution is -2.19. The predicted molar refractivity (Wildman–Crippen MR) is 69.6 cm³/mol. The fraction of sp³-hybridized carbons (Fsp3) is 0.357. The summed E-state index contributed by atoms with van der Waals surface area (Å²) in [5.74, 6) is -0.612.